The van der Waals surface area contributed by atoms with Gasteiger partial charge in [-0.05, 0) is 69.0 Å². The molecule has 0 saturated carbocycles. The van der Waals surface area contributed by atoms with Gasteiger partial charge in [-0.2, -0.15) is 0 Å². The van der Waals surface area contributed by atoms with Crippen LogP contribution in [0.25, 0.3) is 11.3 Å². The Morgan fingerprint density at radius 1 is 1.23 bits per heavy atom. The monoisotopic (exact) mass is 471 g/mol. The van der Waals surface area contributed by atoms with E-state index in [1.807, 2.05) is 33.2 Å². The van der Waals surface area contributed by atoms with Gasteiger partial charge in [0.1, 0.15) is 0 Å². The normalized spacial score (nSPS) is 22.2. The van der Waals surface area contributed by atoms with Crippen molar-refractivity contribution in [2.45, 2.75) is 46.1 Å². The Morgan fingerprint density at radius 3 is 2.80 bits per heavy atom. The molecule has 35 heavy (non-hydrogen) atoms. The Balaban J connectivity index is 1.80. The standard InChI is InChI=1S/C28H37N7/c1-18-8-6-7-9-24(31-5)23(15-29)26-14-22(12-19(2)32-26)20(3)33-28-34-25-11-10-21(16-30-4)13-27(25)35(28)17-18/h10-15,18,29-31H,3,6-9,16-17H2,1-2,4-5H3,(H,33,34)/b24-23+,29-15?/t18-/m1/s1. The second-order valence-corrected chi connectivity index (χ2v) is 9.52. The Morgan fingerprint density at radius 2 is 2.06 bits per heavy atom. The van der Waals surface area contributed by atoms with Crippen molar-refractivity contribution < 1.29 is 0 Å². The molecule has 1 aromatic carbocycles. The summed E-state index contributed by atoms with van der Waals surface area (Å²) in [5, 5.41) is 18.2. The molecule has 3 heterocycles. The van der Waals surface area contributed by atoms with Gasteiger partial charge < -0.3 is 26.3 Å². The van der Waals surface area contributed by atoms with Crippen LogP contribution in [0, 0.1) is 18.3 Å². The lowest BCUT2D eigenvalue weighted by atomic mass is 9.99. The van der Waals surface area contributed by atoms with E-state index in [2.05, 4.69) is 52.6 Å². The van der Waals surface area contributed by atoms with E-state index in [1.165, 1.54) is 11.8 Å². The lowest BCUT2D eigenvalue weighted by molar-refractivity contribution is 0.504. The number of aryl methyl sites for hydroxylation is 1. The third-order valence-corrected chi connectivity index (χ3v) is 6.68. The Hall–Kier alpha value is -3.45. The van der Waals surface area contributed by atoms with Gasteiger partial charge in [-0.25, -0.2) is 4.99 Å². The van der Waals surface area contributed by atoms with E-state index in [0.717, 1.165) is 84.3 Å². The quantitative estimate of drug-likeness (QED) is 0.463. The zero-order valence-corrected chi connectivity index (χ0v) is 21.3. The molecule has 4 rings (SSSR count). The number of pyridine rings is 1. The minimum atomic E-state index is 0.494. The van der Waals surface area contributed by atoms with E-state index in [4.69, 9.17) is 15.4 Å². The zero-order valence-electron chi connectivity index (χ0n) is 21.3. The third-order valence-electron chi connectivity index (χ3n) is 6.68. The number of hydrogen-bond acceptors (Lipinski definition) is 7. The van der Waals surface area contributed by atoms with Crippen LogP contribution in [0.3, 0.4) is 0 Å². The molecule has 2 bridgehead atoms. The van der Waals surface area contributed by atoms with Gasteiger partial charge in [-0.3, -0.25) is 4.98 Å². The first-order chi connectivity index (χ1) is 16.9. The predicted octanol–water partition coefficient (Wildman–Crippen LogP) is 5.16. The highest BCUT2D eigenvalue weighted by Gasteiger charge is 2.27. The van der Waals surface area contributed by atoms with E-state index < -0.39 is 0 Å². The Bertz CT molecular complexity index is 1180. The first-order valence-electron chi connectivity index (χ1n) is 12.4. The van der Waals surface area contributed by atoms with E-state index in [0.29, 0.717) is 11.6 Å². The average molecular weight is 472 g/mol. The van der Waals surface area contributed by atoms with Crippen LogP contribution in [-0.4, -0.2) is 37.8 Å². The number of rotatable bonds is 4. The molecule has 184 valence electrons. The summed E-state index contributed by atoms with van der Waals surface area (Å²) in [6, 6.07) is 10.5. The molecule has 4 N–H and O–H groups in total. The van der Waals surface area contributed by atoms with Crippen LogP contribution >= 0.6 is 0 Å². The van der Waals surface area contributed by atoms with E-state index in [1.54, 1.807) is 0 Å². The second kappa shape index (κ2) is 10.9. The van der Waals surface area contributed by atoms with Gasteiger partial charge in [0.15, 0.2) is 0 Å². The third kappa shape index (κ3) is 5.46. The van der Waals surface area contributed by atoms with Gasteiger partial charge in [0.25, 0.3) is 0 Å². The molecule has 0 radical (unpaired) electrons. The minimum absolute atomic E-state index is 0.494. The summed E-state index contributed by atoms with van der Waals surface area (Å²) in [4.78, 5) is 12.0. The summed E-state index contributed by atoms with van der Waals surface area (Å²) in [6.07, 6.45) is 5.61. The molecule has 0 spiro atoms. The van der Waals surface area contributed by atoms with Gasteiger partial charge in [0, 0.05) is 48.9 Å². The first kappa shape index (κ1) is 24.7. The number of nitrogens with one attached hydrogen (secondary N) is 4. The molecule has 7 heteroatoms. The van der Waals surface area contributed by atoms with Gasteiger partial charge in [0.2, 0.25) is 5.96 Å². The molecule has 0 amide bonds. The molecule has 7 nitrogen and oxygen atoms in total. The highest BCUT2D eigenvalue weighted by molar-refractivity contribution is 6.16. The van der Waals surface area contributed by atoms with E-state index in [9.17, 15) is 0 Å². The topological polar surface area (TPSA) is 88.4 Å². The largest absolute Gasteiger partial charge is 0.391 e. The van der Waals surface area contributed by atoms with Crippen LogP contribution in [0.2, 0.25) is 0 Å². The zero-order chi connectivity index (χ0) is 24.9. The van der Waals surface area contributed by atoms with Gasteiger partial charge in [0.05, 0.1) is 22.8 Å². The van der Waals surface area contributed by atoms with Crippen molar-refractivity contribution in [2.75, 3.05) is 30.9 Å². The smallest absolute Gasteiger partial charge is 0.208 e. The van der Waals surface area contributed by atoms with Gasteiger partial charge in [-0.15, -0.1) is 0 Å². The number of anilines is 2. The Labute approximate surface area is 209 Å². The van der Waals surface area contributed by atoms with Crippen molar-refractivity contribution >= 4 is 34.8 Å². The molecule has 0 fully saturated rings. The predicted molar refractivity (Wildman–Crippen MR) is 148 cm³/mol. The molecule has 2 aromatic rings. The SMILES string of the molecule is C=C1/N=C2\Nc3ccc(CNC)cc3N2C[C@H](C)CCCC/C(NC)=C(/C=N)c2cc1cc(C)n2. The molecule has 2 aliphatic rings. The van der Waals surface area contributed by atoms with Crippen LogP contribution in [0.1, 0.15) is 55.1 Å². The molecule has 0 aliphatic carbocycles. The van der Waals surface area contributed by atoms with E-state index >= 15 is 0 Å². The molecular weight excluding hydrogens is 434 g/mol. The average Bonchev–Trinajstić information content (AvgIpc) is 3.16. The molecule has 0 saturated heterocycles. The Kier molecular flexibility index (Phi) is 7.66. The summed E-state index contributed by atoms with van der Waals surface area (Å²) in [7, 11) is 3.90. The lowest BCUT2D eigenvalue weighted by Gasteiger charge is -2.24. The second-order valence-electron chi connectivity index (χ2n) is 9.52. The summed E-state index contributed by atoms with van der Waals surface area (Å²) in [5.74, 6) is 1.30. The lowest BCUT2D eigenvalue weighted by Crippen LogP contribution is -2.34. The number of aliphatic imine (C=N–C) groups is 1. The summed E-state index contributed by atoms with van der Waals surface area (Å²) < 4.78 is 0. The van der Waals surface area contributed by atoms with Crippen LogP contribution in [0.4, 0.5) is 11.4 Å². The van der Waals surface area contributed by atoms with Gasteiger partial charge in [-0.1, -0.05) is 26.0 Å². The molecule has 2 aliphatic heterocycles. The van der Waals surface area contributed by atoms with Crippen LogP contribution in [0.5, 0.6) is 0 Å². The van der Waals surface area contributed by atoms with Crippen molar-refractivity contribution in [2.24, 2.45) is 10.9 Å². The van der Waals surface area contributed by atoms with Crippen molar-refractivity contribution in [3.63, 3.8) is 0 Å². The van der Waals surface area contributed by atoms with Crippen molar-refractivity contribution in [3.8, 4) is 0 Å². The highest BCUT2D eigenvalue weighted by Crippen LogP contribution is 2.35. The fraction of sp³-hybridized carbons (Fsp3) is 0.393. The van der Waals surface area contributed by atoms with Crippen LogP contribution < -0.4 is 20.9 Å². The summed E-state index contributed by atoms with van der Waals surface area (Å²) in [6.45, 7) is 10.3. The first-order valence-corrected chi connectivity index (χ1v) is 12.4. The molecule has 1 aromatic heterocycles. The maximum absolute atomic E-state index is 8.10. The number of nitrogens with zero attached hydrogens (tertiary/aromatic N) is 3. The molecular formula is C28H37N7. The number of fused-ring (bicyclic) bond motifs is 5. The van der Waals surface area contributed by atoms with Crippen LogP contribution in [-0.2, 0) is 6.54 Å². The number of allylic oxidation sites excluding steroid dienone is 2. The van der Waals surface area contributed by atoms with Crippen molar-refractivity contribution in [1.29, 1.82) is 5.41 Å². The maximum atomic E-state index is 8.10. The van der Waals surface area contributed by atoms with Crippen molar-refractivity contribution in [3.05, 3.63) is 65.1 Å². The number of benzene rings is 1. The summed E-state index contributed by atoms with van der Waals surface area (Å²) in [5.41, 5.74) is 8.60. The van der Waals surface area contributed by atoms with Gasteiger partial charge >= 0.3 is 0 Å². The summed E-state index contributed by atoms with van der Waals surface area (Å²) >= 11 is 0. The number of hydrogen-bond donors (Lipinski definition) is 4. The number of guanidine groups is 1. The fourth-order valence-corrected chi connectivity index (χ4v) is 4.87. The highest BCUT2D eigenvalue weighted by atomic mass is 15.4. The molecule has 1 atom stereocenters. The van der Waals surface area contributed by atoms with Crippen molar-refractivity contribution in [1.82, 2.24) is 15.6 Å². The minimum Gasteiger partial charge on any atom is -0.391 e. The van der Waals surface area contributed by atoms with E-state index in [-0.39, 0.29) is 0 Å². The van der Waals surface area contributed by atoms with Crippen LogP contribution in [0.15, 0.2) is 47.6 Å². The fourth-order valence-electron chi connectivity index (χ4n) is 4.87. The number of aromatic nitrogens is 1. The maximum Gasteiger partial charge on any atom is 0.208 e. The molecule has 0 unspecified atom stereocenters.